The van der Waals surface area contributed by atoms with Gasteiger partial charge in [0.05, 0.1) is 34.4 Å². The first kappa shape index (κ1) is 72.0. The Labute approximate surface area is 459 Å². The van der Waals surface area contributed by atoms with Gasteiger partial charge in [0.15, 0.2) is 6.10 Å². The summed E-state index contributed by atoms with van der Waals surface area (Å²) in [5, 5.41) is 9.72. The fourth-order valence-corrected chi connectivity index (χ4v) is 9.78. The van der Waals surface area contributed by atoms with Crippen molar-refractivity contribution in [2.45, 2.75) is 341 Å². The van der Waals surface area contributed by atoms with Crippen LogP contribution < -0.4 is 0 Å². The summed E-state index contributed by atoms with van der Waals surface area (Å²) in [5.74, 6) is -1.98. The molecule has 0 aliphatic heterocycles. The predicted octanol–water partition coefficient (Wildman–Crippen LogP) is 19.3. The van der Waals surface area contributed by atoms with Crippen molar-refractivity contribution in [3.63, 3.8) is 0 Å². The number of aliphatic carboxylic acids is 1. The maximum atomic E-state index is 12.9. The Balaban J connectivity index is 4.12. The number of hydrogen-bond donors (Lipinski definition) is 1. The standard InChI is InChI=1S/C65H125NO8/c1-6-8-10-12-14-16-18-20-22-24-26-28-30-31-32-34-35-37-39-41-43-45-47-49-51-53-55-62(67)72-59-61(60-73-65(64(69)70)71-58-57-66(3,4)5)74-63(68)56-54-52-50-48-46-44-42-40-38-36-33-29-27-25-23-21-19-17-15-13-11-9-7-2/h25,27,61,65H,6-24,26,28-60H2,1-5H3/p+1/b27-25-. The Kier molecular flexibility index (Phi) is 55.7. The highest BCUT2D eigenvalue weighted by molar-refractivity contribution is 5.71. The molecule has 0 heterocycles. The van der Waals surface area contributed by atoms with E-state index in [0.717, 1.165) is 38.5 Å². The van der Waals surface area contributed by atoms with Crippen LogP contribution in [0.1, 0.15) is 328 Å². The lowest BCUT2D eigenvalue weighted by molar-refractivity contribution is -0.870. The molecule has 0 radical (unpaired) electrons. The van der Waals surface area contributed by atoms with Crippen molar-refractivity contribution >= 4 is 17.9 Å². The number of allylic oxidation sites excluding steroid dienone is 2. The number of hydrogen-bond acceptors (Lipinski definition) is 7. The molecule has 2 atom stereocenters. The minimum atomic E-state index is -1.51. The molecule has 0 fully saturated rings. The van der Waals surface area contributed by atoms with Crippen LogP contribution in [0.5, 0.6) is 0 Å². The minimum absolute atomic E-state index is 0.175. The first-order valence-electron chi connectivity index (χ1n) is 32.4. The van der Waals surface area contributed by atoms with Gasteiger partial charge in [-0.2, -0.15) is 0 Å². The van der Waals surface area contributed by atoms with Crippen molar-refractivity contribution in [3.05, 3.63) is 12.2 Å². The number of likely N-dealkylation sites (N-methyl/N-ethyl adjacent to an activating group) is 1. The zero-order chi connectivity index (χ0) is 54.1. The molecule has 0 spiro atoms. The van der Waals surface area contributed by atoms with Crippen LogP contribution in [-0.2, 0) is 33.3 Å². The molecule has 2 unspecified atom stereocenters. The van der Waals surface area contributed by atoms with Crippen LogP contribution in [0.2, 0.25) is 0 Å². The molecular formula is C65H126NO8+. The number of nitrogens with zero attached hydrogens (tertiary/aromatic N) is 1. The topological polar surface area (TPSA) is 108 Å². The summed E-state index contributed by atoms with van der Waals surface area (Å²) >= 11 is 0. The van der Waals surface area contributed by atoms with Gasteiger partial charge in [-0.15, -0.1) is 0 Å². The summed E-state index contributed by atoms with van der Waals surface area (Å²) in [6.07, 6.45) is 64.5. The molecule has 1 N–H and O–H groups in total. The van der Waals surface area contributed by atoms with E-state index in [1.54, 1.807) is 0 Å². The van der Waals surface area contributed by atoms with Crippen LogP contribution in [0.3, 0.4) is 0 Å². The van der Waals surface area contributed by atoms with Gasteiger partial charge in [0.2, 0.25) is 0 Å². The predicted molar refractivity (Wildman–Crippen MR) is 314 cm³/mol. The Morgan fingerprint density at radius 3 is 1.00 bits per heavy atom. The van der Waals surface area contributed by atoms with Crippen molar-refractivity contribution in [1.82, 2.24) is 0 Å². The maximum Gasteiger partial charge on any atom is 0.361 e. The molecule has 0 aromatic heterocycles. The molecule has 0 saturated heterocycles. The van der Waals surface area contributed by atoms with Crippen LogP contribution in [0, 0.1) is 0 Å². The molecule has 0 aliphatic carbocycles. The smallest absolute Gasteiger partial charge is 0.361 e. The van der Waals surface area contributed by atoms with Gasteiger partial charge in [-0.1, -0.05) is 289 Å². The van der Waals surface area contributed by atoms with Crippen LogP contribution >= 0.6 is 0 Å². The van der Waals surface area contributed by atoms with E-state index < -0.39 is 18.4 Å². The van der Waals surface area contributed by atoms with Crippen LogP contribution in [0.25, 0.3) is 0 Å². The van der Waals surface area contributed by atoms with E-state index in [1.807, 2.05) is 21.1 Å². The molecule has 0 saturated carbocycles. The molecule has 9 nitrogen and oxygen atoms in total. The summed E-state index contributed by atoms with van der Waals surface area (Å²) in [5.41, 5.74) is 0. The van der Waals surface area contributed by atoms with Crippen LogP contribution in [0.4, 0.5) is 0 Å². The first-order chi connectivity index (χ1) is 36.1. The van der Waals surface area contributed by atoms with Gasteiger partial charge in [0.25, 0.3) is 6.29 Å². The molecule has 0 bridgehead atoms. The Bertz CT molecular complexity index is 1220. The van der Waals surface area contributed by atoms with Gasteiger partial charge in [-0.25, -0.2) is 4.79 Å². The number of rotatable bonds is 61. The number of carbonyl (C=O) groups is 3. The lowest BCUT2D eigenvalue weighted by atomic mass is 10.0. The Morgan fingerprint density at radius 2 is 0.689 bits per heavy atom. The molecule has 0 amide bonds. The second-order valence-corrected chi connectivity index (χ2v) is 23.4. The van der Waals surface area contributed by atoms with E-state index in [1.165, 1.54) is 263 Å². The SMILES string of the molecule is CCCCCCCCCC/C=C\CCCCCCCCCCCCCC(=O)OC(COC(=O)CCCCCCCCCCCCCCCCCCCCCCCCCCCC)COC(OCC[N+](C)(C)C)C(=O)O. The van der Waals surface area contributed by atoms with Crippen molar-refractivity contribution in [3.8, 4) is 0 Å². The fraction of sp³-hybridized carbons (Fsp3) is 0.923. The second kappa shape index (κ2) is 57.2. The van der Waals surface area contributed by atoms with Gasteiger partial charge in [-0.3, -0.25) is 9.59 Å². The van der Waals surface area contributed by atoms with Gasteiger partial charge in [0.1, 0.15) is 13.2 Å². The number of carboxylic acid groups (broad SMARTS) is 1. The highest BCUT2D eigenvalue weighted by Crippen LogP contribution is 2.18. The number of esters is 2. The Hall–Kier alpha value is -1.97. The molecule has 0 aromatic carbocycles. The fourth-order valence-electron chi connectivity index (χ4n) is 9.78. The van der Waals surface area contributed by atoms with E-state index in [-0.39, 0.29) is 38.2 Å². The first-order valence-corrected chi connectivity index (χ1v) is 32.4. The summed E-state index contributed by atoms with van der Waals surface area (Å²) in [4.78, 5) is 37.5. The summed E-state index contributed by atoms with van der Waals surface area (Å²) < 4.78 is 23.0. The van der Waals surface area contributed by atoms with Gasteiger partial charge in [-0.05, 0) is 38.5 Å². The summed E-state index contributed by atoms with van der Waals surface area (Å²) in [6.45, 7) is 4.95. The number of carboxylic acids is 1. The minimum Gasteiger partial charge on any atom is -0.477 e. The third kappa shape index (κ3) is 57.7. The zero-order valence-electron chi connectivity index (χ0n) is 50.0. The van der Waals surface area contributed by atoms with Gasteiger partial charge in [0, 0.05) is 12.8 Å². The van der Waals surface area contributed by atoms with Gasteiger partial charge < -0.3 is 28.5 Å². The van der Waals surface area contributed by atoms with E-state index in [0.29, 0.717) is 17.4 Å². The monoisotopic (exact) mass is 1050 g/mol. The second-order valence-electron chi connectivity index (χ2n) is 23.4. The number of quaternary nitrogens is 1. The van der Waals surface area contributed by atoms with E-state index >= 15 is 0 Å². The van der Waals surface area contributed by atoms with Crippen molar-refractivity contribution in [1.29, 1.82) is 0 Å². The summed E-state index contributed by atoms with van der Waals surface area (Å²) in [7, 11) is 5.99. The Morgan fingerprint density at radius 1 is 0.392 bits per heavy atom. The highest BCUT2D eigenvalue weighted by Gasteiger charge is 2.25. The normalized spacial score (nSPS) is 12.7. The van der Waals surface area contributed by atoms with Crippen LogP contribution in [0.15, 0.2) is 12.2 Å². The third-order valence-corrected chi connectivity index (χ3v) is 14.8. The van der Waals surface area contributed by atoms with E-state index in [4.69, 9.17) is 18.9 Å². The average Bonchev–Trinajstić information content (AvgIpc) is 3.37. The lowest BCUT2D eigenvalue weighted by Gasteiger charge is -2.25. The van der Waals surface area contributed by atoms with Crippen LogP contribution in [-0.4, -0.2) is 87.4 Å². The number of unbranched alkanes of at least 4 members (excludes halogenated alkanes) is 44. The lowest BCUT2D eigenvalue weighted by Crippen LogP contribution is -2.40. The van der Waals surface area contributed by atoms with Gasteiger partial charge >= 0.3 is 17.9 Å². The molecule has 0 rings (SSSR count). The molecular weight excluding hydrogens is 923 g/mol. The molecule has 0 aliphatic rings. The largest absolute Gasteiger partial charge is 0.477 e. The number of ether oxygens (including phenoxy) is 4. The quantitative estimate of drug-likeness (QED) is 0.0211. The van der Waals surface area contributed by atoms with Crippen molar-refractivity contribution in [2.75, 3.05) is 47.5 Å². The highest BCUT2D eigenvalue weighted by atomic mass is 16.7. The van der Waals surface area contributed by atoms with Crippen molar-refractivity contribution < 1.29 is 42.9 Å². The molecule has 438 valence electrons. The molecule has 0 aromatic rings. The number of carbonyl (C=O) groups excluding carboxylic acids is 2. The third-order valence-electron chi connectivity index (χ3n) is 14.8. The molecule has 74 heavy (non-hydrogen) atoms. The zero-order valence-corrected chi connectivity index (χ0v) is 50.0. The van der Waals surface area contributed by atoms with E-state index in [2.05, 4.69) is 26.0 Å². The molecule has 9 heteroatoms. The maximum absolute atomic E-state index is 12.9. The van der Waals surface area contributed by atoms with E-state index in [9.17, 15) is 19.5 Å². The summed E-state index contributed by atoms with van der Waals surface area (Å²) in [6, 6.07) is 0. The average molecular weight is 1050 g/mol. The van der Waals surface area contributed by atoms with Crippen molar-refractivity contribution in [2.24, 2.45) is 0 Å².